The van der Waals surface area contributed by atoms with Crippen LogP contribution in [0.25, 0.3) is 5.76 Å². The zero-order valence-corrected chi connectivity index (χ0v) is 16.3. The van der Waals surface area contributed by atoms with Crippen LogP contribution in [-0.2, 0) is 11.2 Å². The molecule has 1 aromatic carbocycles. The lowest BCUT2D eigenvalue weighted by Gasteiger charge is -2.39. The van der Waals surface area contributed by atoms with Crippen LogP contribution in [0.5, 0.6) is 0 Å². The van der Waals surface area contributed by atoms with Gasteiger partial charge in [0.05, 0.1) is 0 Å². The summed E-state index contributed by atoms with van der Waals surface area (Å²) in [5, 5.41) is 9.68. The Balaban J connectivity index is 2.40. The van der Waals surface area contributed by atoms with E-state index in [0.29, 0.717) is 0 Å². The number of allylic oxidation sites excluding steroid dienone is 1. The summed E-state index contributed by atoms with van der Waals surface area (Å²) < 4.78 is 153. The number of hydrogen-bond acceptors (Lipinski definition) is 2. The molecule has 3 rings (SSSR count). The first kappa shape index (κ1) is 24.9. The van der Waals surface area contributed by atoms with Crippen molar-refractivity contribution in [1.82, 2.24) is 0 Å². The Hall–Kier alpha value is -1.76. The van der Waals surface area contributed by atoms with E-state index in [1.54, 1.807) is 0 Å². The third-order valence-electron chi connectivity index (χ3n) is 5.49. The first-order chi connectivity index (χ1) is 14.2. The third-order valence-corrected chi connectivity index (χ3v) is 6.05. The molecule has 1 saturated carbocycles. The molecular formula is C17H7Cl2F11O2. The van der Waals surface area contributed by atoms with E-state index in [1.165, 1.54) is 0 Å². The molecule has 32 heavy (non-hydrogen) atoms. The Labute approximate surface area is 180 Å². The van der Waals surface area contributed by atoms with Crippen molar-refractivity contribution >= 4 is 34.7 Å². The Morgan fingerprint density at radius 1 is 0.844 bits per heavy atom. The zero-order valence-electron chi connectivity index (χ0n) is 14.8. The first-order valence-corrected chi connectivity index (χ1v) is 9.00. The highest BCUT2D eigenvalue weighted by Crippen LogP contribution is 2.76. The van der Waals surface area contributed by atoms with Crippen molar-refractivity contribution < 1.29 is 58.2 Å². The van der Waals surface area contributed by atoms with Gasteiger partial charge in [-0.15, -0.1) is 0 Å². The second kappa shape index (κ2) is 6.64. The maximum atomic E-state index is 14.3. The van der Waals surface area contributed by atoms with Crippen LogP contribution in [0.1, 0.15) is 17.5 Å². The average molecular weight is 523 g/mol. The molecule has 15 heteroatoms. The zero-order chi connectivity index (χ0) is 24.9. The minimum absolute atomic E-state index is 0.0909. The van der Waals surface area contributed by atoms with E-state index in [2.05, 4.69) is 0 Å². The van der Waals surface area contributed by atoms with E-state index in [9.17, 15) is 58.2 Å². The van der Waals surface area contributed by atoms with Crippen LogP contribution in [0.3, 0.4) is 0 Å². The molecule has 0 bridgehead atoms. The second-order valence-electron chi connectivity index (χ2n) is 7.12. The standard InChI is InChI=1S/C17H7Cl2F11O2/c18-5-3-8-6(9(19)4-5)1-2-7(10(8)31)11(32)12(17(28,29)30)13(20,21)15(24,25)16(26,27)14(12,22)23/h3-4,31H,1-2H2. The molecule has 0 heterocycles. The van der Waals surface area contributed by atoms with Gasteiger partial charge in [-0.05, 0) is 30.5 Å². The van der Waals surface area contributed by atoms with Gasteiger partial charge in [-0.25, -0.2) is 0 Å². The van der Waals surface area contributed by atoms with Gasteiger partial charge in [-0.2, -0.15) is 48.3 Å². The molecule has 0 amide bonds. The lowest BCUT2D eigenvalue weighted by Crippen LogP contribution is -2.65. The van der Waals surface area contributed by atoms with Crippen LogP contribution >= 0.6 is 23.2 Å². The first-order valence-electron chi connectivity index (χ1n) is 8.25. The Morgan fingerprint density at radius 2 is 1.31 bits per heavy atom. The maximum Gasteiger partial charge on any atom is 0.414 e. The molecule has 0 unspecified atom stereocenters. The summed E-state index contributed by atoms with van der Waals surface area (Å²) in [5.74, 6) is -34.3. The topological polar surface area (TPSA) is 37.3 Å². The SMILES string of the molecule is O=C(C1=C(O)c2cc(Cl)cc(Cl)c2CC1)C1(C(F)(F)F)C(F)(F)C(F)(F)C(F)(F)C1(F)F. The molecule has 2 nitrogen and oxygen atoms in total. The molecule has 1 N–H and O–H groups in total. The molecule has 1 aromatic rings. The van der Waals surface area contributed by atoms with E-state index >= 15 is 0 Å². The number of carbonyl (C=O) groups excluding carboxylic acids is 1. The fourth-order valence-electron chi connectivity index (χ4n) is 3.88. The van der Waals surface area contributed by atoms with Crippen molar-refractivity contribution in [3.63, 3.8) is 0 Å². The Bertz CT molecular complexity index is 1020. The van der Waals surface area contributed by atoms with Gasteiger partial charge >= 0.3 is 29.9 Å². The second-order valence-corrected chi connectivity index (χ2v) is 7.96. The van der Waals surface area contributed by atoms with E-state index in [4.69, 9.17) is 23.2 Å². The van der Waals surface area contributed by atoms with Crippen molar-refractivity contribution in [3.8, 4) is 0 Å². The van der Waals surface area contributed by atoms with Crippen LogP contribution in [0, 0.1) is 5.41 Å². The van der Waals surface area contributed by atoms with Crippen molar-refractivity contribution in [2.75, 3.05) is 0 Å². The van der Waals surface area contributed by atoms with Crippen LogP contribution in [-0.4, -0.2) is 40.8 Å². The average Bonchev–Trinajstić information content (AvgIpc) is 2.66. The van der Waals surface area contributed by atoms with Crippen LogP contribution in [0.4, 0.5) is 48.3 Å². The van der Waals surface area contributed by atoms with E-state index < -0.39 is 70.8 Å². The lowest BCUT2D eigenvalue weighted by atomic mass is 9.70. The molecular weight excluding hydrogens is 516 g/mol. The van der Waals surface area contributed by atoms with Gasteiger partial charge in [0.15, 0.2) is 5.78 Å². The number of rotatable bonds is 2. The summed E-state index contributed by atoms with van der Waals surface area (Å²) in [7, 11) is 0. The monoisotopic (exact) mass is 522 g/mol. The normalized spacial score (nSPS) is 24.9. The number of carbonyl (C=O) groups is 1. The Morgan fingerprint density at radius 3 is 1.75 bits per heavy atom. The molecule has 0 radical (unpaired) electrons. The summed E-state index contributed by atoms with van der Waals surface area (Å²) in [6.45, 7) is 0. The fourth-order valence-corrected chi connectivity index (χ4v) is 4.47. The van der Waals surface area contributed by atoms with Crippen LogP contribution in [0.2, 0.25) is 10.0 Å². The smallest absolute Gasteiger partial charge is 0.414 e. The van der Waals surface area contributed by atoms with Gasteiger partial charge < -0.3 is 5.11 Å². The number of ketones is 1. The molecule has 178 valence electrons. The molecule has 0 aliphatic heterocycles. The van der Waals surface area contributed by atoms with Crippen molar-refractivity contribution in [2.45, 2.75) is 42.7 Å². The van der Waals surface area contributed by atoms with Crippen LogP contribution < -0.4 is 0 Å². The van der Waals surface area contributed by atoms with E-state index in [1.807, 2.05) is 0 Å². The molecule has 0 saturated heterocycles. The largest absolute Gasteiger partial charge is 0.507 e. The van der Waals surface area contributed by atoms with Crippen molar-refractivity contribution in [3.05, 3.63) is 38.9 Å². The molecule has 0 aromatic heterocycles. The summed E-state index contributed by atoms with van der Waals surface area (Å²) in [4.78, 5) is 12.5. The fraction of sp³-hybridized carbons (Fsp3) is 0.471. The van der Waals surface area contributed by atoms with Crippen molar-refractivity contribution in [2.24, 2.45) is 5.41 Å². The number of hydrogen-bond donors (Lipinski definition) is 1. The number of fused-ring (bicyclic) bond motifs is 1. The van der Waals surface area contributed by atoms with Gasteiger partial charge in [0, 0.05) is 21.2 Å². The van der Waals surface area contributed by atoms with E-state index in [-0.39, 0.29) is 15.6 Å². The minimum Gasteiger partial charge on any atom is -0.507 e. The summed E-state index contributed by atoms with van der Waals surface area (Å²) in [6.07, 6.45) is -9.10. The van der Waals surface area contributed by atoms with Crippen molar-refractivity contribution in [1.29, 1.82) is 0 Å². The number of Topliss-reactive ketones (excluding diaryl/α,β-unsaturated/α-hetero) is 1. The summed E-state index contributed by atoms with van der Waals surface area (Å²) in [6, 6.07) is 1.86. The van der Waals surface area contributed by atoms with Gasteiger partial charge in [0.2, 0.25) is 0 Å². The molecule has 1 fully saturated rings. The third kappa shape index (κ3) is 2.52. The number of aliphatic hydroxyl groups excluding tert-OH is 1. The maximum absolute atomic E-state index is 14.3. The molecule has 2 aliphatic rings. The molecule has 0 spiro atoms. The van der Waals surface area contributed by atoms with Gasteiger partial charge in [0.1, 0.15) is 5.76 Å². The predicted octanol–water partition coefficient (Wildman–Crippen LogP) is 6.88. The number of aliphatic hydroxyl groups is 1. The van der Waals surface area contributed by atoms with Gasteiger partial charge in [-0.3, -0.25) is 4.79 Å². The van der Waals surface area contributed by atoms with Gasteiger partial charge in [0.25, 0.3) is 5.41 Å². The summed E-state index contributed by atoms with van der Waals surface area (Å²) >= 11 is 11.5. The predicted molar refractivity (Wildman–Crippen MR) is 87.6 cm³/mol. The highest BCUT2D eigenvalue weighted by atomic mass is 35.5. The van der Waals surface area contributed by atoms with Gasteiger partial charge in [-0.1, -0.05) is 23.2 Å². The van der Waals surface area contributed by atoms with E-state index in [0.717, 1.165) is 12.1 Å². The molecule has 0 atom stereocenters. The minimum atomic E-state index is -7.31. The number of benzene rings is 1. The summed E-state index contributed by atoms with van der Waals surface area (Å²) in [5.41, 5.74) is -9.45. The number of halogens is 13. The lowest BCUT2D eigenvalue weighted by molar-refractivity contribution is -0.341. The highest BCUT2D eigenvalue weighted by molar-refractivity contribution is 6.35. The number of alkyl halides is 11. The quantitative estimate of drug-likeness (QED) is 0.430. The molecule has 2 aliphatic carbocycles. The highest BCUT2D eigenvalue weighted by Gasteiger charge is 3.06. The Kier molecular flexibility index (Phi) is 5.17. The van der Waals surface area contributed by atoms with Crippen LogP contribution in [0.15, 0.2) is 17.7 Å².